The molecular weight excluding hydrogens is 535 g/mol. The molecule has 1 atom stereocenters. The van der Waals surface area contributed by atoms with Crippen LogP contribution >= 0.6 is 24.0 Å². The third-order valence-electron chi connectivity index (χ3n) is 6.37. The van der Waals surface area contributed by atoms with Crippen molar-refractivity contribution in [1.82, 2.24) is 9.47 Å². The number of carbonyl (C=O) groups is 1. The van der Waals surface area contributed by atoms with E-state index in [2.05, 4.69) is 5.32 Å². The average Bonchev–Trinajstić information content (AvgIpc) is 3.34. The Morgan fingerprint density at radius 2 is 2.00 bits per heavy atom. The molecule has 1 unspecified atom stereocenters. The van der Waals surface area contributed by atoms with E-state index in [1.54, 1.807) is 25.1 Å². The van der Waals surface area contributed by atoms with Gasteiger partial charge in [0.1, 0.15) is 27.6 Å². The van der Waals surface area contributed by atoms with E-state index in [0.717, 1.165) is 17.3 Å². The molecule has 2 aromatic rings. The highest BCUT2D eigenvalue weighted by Crippen LogP contribution is 2.38. The van der Waals surface area contributed by atoms with Gasteiger partial charge in [-0.2, -0.15) is 5.26 Å². The Morgan fingerprint density at radius 1 is 1.30 bits per heavy atom. The molecule has 12 heteroatoms. The van der Waals surface area contributed by atoms with Gasteiger partial charge in [0.25, 0.3) is 11.5 Å². The van der Waals surface area contributed by atoms with Crippen LogP contribution < -0.4 is 10.9 Å². The number of hydrogen-bond donors (Lipinski definition) is 1. The van der Waals surface area contributed by atoms with Gasteiger partial charge >= 0.3 is 0 Å². The van der Waals surface area contributed by atoms with E-state index >= 15 is 0 Å². The van der Waals surface area contributed by atoms with E-state index in [9.17, 15) is 27.7 Å². The number of nitriles is 1. The minimum atomic E-state index is -3.22. The lowest BCUT2D eigenvalue weighted by atomic mass is 10.0. The number of halogens is 1. The standard InChI is InChI=1S/C25H25FN4O4S3/c1-3-9-29-22(28-13-16-4-6-17(26)7-5-16)19(15(2)20(12-27)23(29)31)11-21-24(32)30(25(35)36-21)18-8-10-37(33,34)14-18/h4-7,11,18,28H,3,8-10,13-14H2,1-2H3/b21-11+. The van der Waals surface area contributed by atoms with Gasteiger partial charge in [-0.15, -0.1) is 0 Å². The van der Waals surface area contributed by atoms with Gasteiger partial charge in [-0.3, -0.25) is 19.1 Å². The van der Waals surface area contributed by atoms with Crippen molar-refractivity contribution in [2.75, 3.05) is 16.8 Å². The van der Waals surface area contributed by atoms with Gasteiger partial charge in [0.05, 0.1) is 22.5 Å². The molecule has 0 bridgehead atoms. The number of amides is 1. The van der Waals surface area contributed by atoms with E-state index in [0.29, 0.717) is 36.3 Å². The highest BCUT2D eigenvalue weighted by Gasteiger charge is 2.42. The maximum Gasteiger partial charge on any atom is 0.270 e. The van der Waals surface area contributed by atoms with Crippen molar-refractivity contribution in [2.45, 2.75) is 45.8 Å². The number of carbonyl (C=O) groups excluding carboxylic acids is 1. The molecule has 1 amide bonds. The quantitative estimate of drug-likeness (QED) is 0.404. The first-order valence-electron chi connectivity index (χ1n) is 11.7. The van der Waals surface area contributed by atoms with E-state index in [1.165, 1.54) is 21.6 Å². The molecule has 2 aliphatic rings. The summed E-state index contributed by atoms with van der Waals surface area (Å²) in [4.78, 5) is 28.2. The summed E-state index contributed by atoms with van der Waals surface area (Å²) in [6.07, 6.45) is 2.56. The third-order valence-corrected chi connectivity index (χ3v) is 9.45. The molecule has 8 nitrogen and oxygen atoms in total. The van der Waals surface area contributed by atoms with Gasteiger partial charge in [0.15, 0.2) is 9.84 Å². The highest BCUT2D eigenvalue weighted by molar-refractivity contribution is 8.26. The van der Waals surface area contributed by atoms with Crippen molar-refractivity contribution in [3.8, 4) is 6.07 Å². The molecule has 0 saturated carbocycles. The van der Waals surface area contributed by atoms with E-state index < -0.39 is 27.3 Å². The van der Waals surface area contributed by atoms with Crippen LogP contribution in [0.1, 0.15) is 42.0 Å². The Bertz CT molecular complexity index is 1510. The number of rotatable bonds is 7. The zero-order chi connectivity index (χ0) is 26.9. The Kier molecular flexibility index (Phi) is 7.87. The first-order chi connectivity index (χ1) is 17.6. The van der Waals surface area contributed by atoms with Crippen molar-refractivity contribution in [1.29, 1.82) is 5.26 Å². The Morgan fingerprint density at radius 3 is 2.59 bits per heavy atom. The van der Waals surface area contributed by atoms with Crippen LogP contribution in [0, 0.1) is 24.1 Å². The summed E-state index contributed by atoms with van der Waals surface area (Å²) in [5.41, 5.74) is 1.22. The van der Waals surface area contributed by atoms with E-state index in [1.807, 2.05) is 13.0 Å². The number of nitrogens with zero attached hydrogens (tertiary/aromatic N) is 3. The molecule has 2 saturated heterocycles. The monoisotopic (exact) mass is 560 g/mol. The second-order valence-electron chi connectivity index (χ2n) is 8.92. The number of aromatic nitrogens is 1. The minimum absolute atomic E-state index is 0.0118. The zero-order valence-electron chi connectivity index (χ0n) is 20.3. The molecule has 2 fully saturated rings. The van der Waals surface area contributed by atoms with Crippen molar-refractivity contribution >= 4 is 55.9 Å². The lowest BCUT2D eigenvalue weighted by molar-refractivity contribution is -0.123. The third kappa shape index (κ3) is 5.49. The predicted molar refractivity (Wildman–Crippen MR) is 146 cm³/mol. The number of sulfone groups is 1. The average molecular weight is 561 g/mol. The van der Waals surface area contributed by atoms with Gasteiger partial charge in [-0.05, 0) is 49.1 Å². The van der Waals surface area contributed by atoms with Crippen LogP contribution in [-0.2, 0) is 27.7 Å². The molecular formula is C25H25FN4O4S3. The zero-order valence-corrected chi connectivity index (χ0v) is 22.7. The van der Waals surface area contributed by atoms with Crippen LogP contribution in [0.25, 0.3) is 6.08 Å². The van der Waals surface area contributed by atoms with Crippen LogP contribution in [-0.4, -0.2) is 45.7 Å². The molecule has 37 heavy (non-hydrogen) atoms. The van der Waals surface area contributed by atoms with Crippen LogP contribution in [0.5, 0.6) is 0 Å². The largest absolute Gasteiger partial charge is 0.367 e. The number of anilines is 1. The lowest BCUT2D eigenvalue weighted by Crippen LogP contribution is -2.39. The van der Waals surface area contributed by atoms with Gasteiger partial charge in [0, 0.05) is 18.7 Å². The highest BCUT2D eigenvalue weighted by atomic mass is 32.2. The first-order valence-corrected chi connectivity index (χ1v) is 14.7. The van der Waals surface area contributed by atoms with Crippen LogP contribution in [0.2, 0.25) is 0 Å². The SMILES string of the molecule is CCCn1c(NCc2ccc(F)cc2)c(/C=C2/SC(=S)N(C3CCS(=O)(=O)C3)C2=O)c(C)c(C#N)c1=O. The first kappa shape index (κ1) is 27.0. The maximum atomic E-state index is 13.4. The maximum absolute atomic E-state index is 13.4. The normalized spacial score (nSPS) is 20.0. The summed E-state index contributed by atoms with van der Waals surface area (Å²) in [5, 5.41) is 13.0. The van der Waals surface area contributed by atoms with Gasteiger partial charge in [0.2, 0.25) is 0 Å². The smallest absolute Gasteiger partial charge is 0.270 e. The second-order valence-corrected chi connectivity index (χ2v) is 12.8. The van der Waals surface area contributed by atoms with E-state index in [-0.39, 0.29) is 38.7 Å². The number of thiocarbonyl (C=S) groups is 1. The number of nitrogens with one attached hydrogen (secondary N) is 1. The summed E-state index contributed by atoms with van der Waals surface area (Å²) in [5.74, 6) is -0.443. The van der Waals surface area contributed by atoms with Gasteiger partial charge < -0.3 is 5.32 Å². The molecule has 1 N–H and O–H groups in total. The van der Waals surface area contributed by atoms with E-state index in [4.69, 9.17) is 12.2 Å². The van der Waals surface area contributed by atoms with Crippen LogP contribution in [0.3, 0.4) is 0 Å². The molecule has 0 spiro atoms. The fourth-order valence-electron chi connectivity index (χ4n) is 4.48. The summed E-state index contributed by atoms with van der Waals surface area (Å²) in [6, 6.07) is 7.42. The van der Waals surface area contributed by atoms with Crippen molar-refractivity contribution in [2.24, 2.45) is 0 Å². The molecule has 0 aliphatic carbocycles. The van der Waals surface area contributed by atoms with Crippen molar-refractivity contribution in [3.63, 3.8) is 0 Å². The number of hydrogen-bond acceptors (Lipinski definition) is 8. The predicted octanol–water partition coefficient (Wildman–Crippen LogP) is 3.58. The summed E-state index contributed by atoms with van der Waals surface area (Å²) in [6.45, 7) is 4.16. The number of pyridine rings is 1. The topological polar surface area (TPSA) is 112 Å². The molecule has 3 heterocycles. The summed E-state index contributed by atoms with van der Waals surface area (Å²) >= 11 is 6.50. The minimum Gasteiger partial charge on any atom is -0.367 e. The lowest BCUT2D eigenvalue weighted by Gasteiger charge is -2.21. The Hall–Kier alpha value is -3.01. The fraction of sp³-hybridized carbons (Fsp3) is 0.360. The molecule has 1 aromatic carbocycles. The number of benzene rings is 1. The Labute approximate surface area is 224 Å². The van der Waals surface area contributed by atoms with Gasteiger partial charge in [-0.1, -0.05) is 43.0 Å². The van der Waals surface area contributed by atoms with Crippen LogP contribution in [0.4, 0.5) is 10.2 Å². The molecule has 1 aromatic heterocycles. The number of thioether (sulfide) groups is 1. The summed E-state index contributed by atoms with van der Waals surface area (Å²) < 4.78 is 39.1. The Balaban J connectivity index is 1.79. The fourth-order valence-corrected chi connectivity index (χ4v) is 7.57. The second kappa shape index (κ2) is 10.8. The van der Waals surface area contributed by atoms with Gasteiger partial charge in [-0.25, -0.2) is 12.8 Å². The molecule has 2 aliphatic heterocycles. The molecule has 4 rings (SSSR count). The van der Waals surface area contributed by atoms with Crippen molar-refractivity contribution in [3.05, 3.63) is 67.6 Å². The molecule has 194 valence electrons. The summed E-state index contributed by atoms with van der Waals surface area (Å²) in [7, 11) is -3.22. The van der Waals surface area contributed by atoms with Crippen LogP contribution in [0.15, 0.2) is 34.0 Å². The molecule has 0 radical (unpaired) electrons. The van der Waals surface area contributed by atoms with Crippen molar-refractivity contribution < 1.29 is 17.6 Å².